The molecule has 1 unspecified atom stereocenters. The molecule has 4 heteroatoms. The molecule has 2 rings (SSSR count). The first-order valence-electron chi connectivity index (χ1n) is 5.43. The molecule has 0 saturated heterocycles. The lowest BCUT2D eigenvalue weighted by atomic mass is 9.95. The highest BCUT2D eigenvalue weighted by atomic mass is 16.2. The van der Waals surface area contributed by atoms with Crippen LogP contribution in [0.2, 0.25) is 0 Å². The van der Waals surface area contributed by atoms with Gasteiger partial charge in [-0.25, -0.2) is 5.43 Å². The number of rotatable bonds is 1. The summed E-state index contributed by atoms with van der Waals surface area (Å²) in [5, 5.41) is 0. The maximum atomic E-state index is 11.6. The molecule has 1 aromatic carbocycles. The second-order valence-electron chi connectivity index (χ2n) is 4.08. The number of hydrogen-bond acceptors (Lipinski definition) is 3. The van der Waals surface area contributed by atoms with Gasteiger partial charge in [0.1, 0.15) is 0 Å². The highest BCUT2D eigenvalue weighted by Gasteiger charge is 2.26. The van der Waals surface area contributed by atoms with Crippen LogP contribution in [0.5, 0.6) is 0 Å². The average Bonchev–Trinajstić information content (AvgIpc) is 2.45. The number of nitrogens with one attached hydrogen (secondary N) is 2. The molecule has 88 valence electrons. The third-order valence-corrected chi connectivity index (χ3v) is 3.03. The first-order valence-corrected chi connectivity index (χ1v) is 5.43. The number of ketones is 1. The van der Waals surface area contributed by atoms with Crippen molar-refractivity contribution < 1.29 is 9.59 Å². The number of carbonyl (C=O) groups is 2. The Bertz CT molecular complexity index is 491. The summed E-state index contributed by atoms with van der Waals surface area (Å²) in [6.45, 7) is 3.54. The molecular weight excluding hydrogens is 216 g/mol. The van der Waals surface area contributed by atoms with E-state index in [0.29, 0.717) is 5.57 Å². The van der Waals surface area contributed by atoms with E-state index >= 15 is 0 Å². The summed E-state index contributed by atoms with van der Waals surface area (Å²) in [6, 6.07) is 9.52. The molecule has 0 radical (unpaired) electrons. The molecule has 0 bridgehead atoms. The predicted molar refractivity (Wildman–Crippen MR) is 63.8 cm³/mol. The molecule has 0 fully saturated rings. The normalized spacial score (nSPS) is 21.2. The van der Waals surface area contributed by atoms with Crippen molar-refractivity contribution >= 4 is 11.7 Å². The van der Waals surface area contributed by atoms with Crippen molar-refractivity contribution in [1.29, 1.82) is 0 Å². The standard InChI is InChI=1S/C13H14N2O2/c1-8-9(2)12(16)13(17)15-14-11(8)10-6-4-3-5-7-10/h3-7,11,14H,1-2H3,(H,15,17). The Hall–Kier alpha value is -1.94. The van der Waals surface area contributed by atoms with Crippen molar-refractivity contribution in [2.45, 2.75) is 19.9 Å². The van der Waals surface area contributed by atoms with Crippen LogP contribution in [0.25, 0.3) is 0 Å². The molecule has 1 aliphatic heterocycles. The molecule has 0 aliphatic carbocycles. The van der Waals surface area contributed by atoms with E-state index in [1.54, 1.807) is 6.92 Å². The molecule has 0 aromatic heterocycles. The van der Waals surface area contributed by atoms with Gasteiger partial charge in [-0.1, -0.05) is 30.3 Å². The van der Waals surface area contributed by atoms with Gasteiger partial charge in [0.2, 0.25) is 5.78 Å². The fourth-order valence-corrected chi connectivity index (χ4v) is 1.85. The molecule has 1 heterocycles. The van der Waals surface area contributed by atoms with Gasteiger partial charge in [-0.15, -0.1) is 0 Å². The molecule has 4 nitrogen and oxygen atoms in total. The van der Waals surface area contributed by atoms with Gasteiger partial charge in [-0.2, -0.15) is 0 Å². The largest absolute Gasteiger partial charge is 0.306 e. The molecule has 1 aliphatic rings. The highest BCUT2D eigenvalue weighted by molar-refractivity contribution is 6.42. The summed E-state index contributed by atoms with van der Waals surface area (Å²) in [5.74, 6) is -1.09. The van der Waals surface area contributed by atoms with E-state index in [9.17, 15) is 9.59 Å². The van der Waals surface area contributed by atoms with Crippen LogP contribution in [0.1, 0.15) is 25.5 Å². The Kier molecular flexibility index (Phi) is 3.06. The third-order valence-electron chi connectivity index (χ3n) is 3.03. The minimum atomic E-state index is -0.611. The SMILES string of the molecule is CC1=C(C)C(c2ccccc2)NNC(=O)C1=O. The number of benzene rings is 1. The summed E-state index contributed by atoms with van der Waals surface area (Å²) in [5.41, 5.74) is 7.68. The topological polar surface area (TPSA) is 58.2 Å². The number of hydrogen-bond donors (Lipinski definition) is 2. The van der Waals surface area contributed by atoms with Crippen LogP contribution >= 0.6 is 0 Å². The summed E-state index contributed by atoms with van der Waals surface area (Å²) in [4.78, 5) is 23.0. The fraction of sp³-hybridized carbons (Fsp3) is 0.231. The molecule has 1 atom stereocenters. The monoisotopic (exact) mass is 230 g/mol. The quantitative estimate of drug-likeness (QED) is 0.714. The lowest BCUT2D eigenvalue weighted by Gasteiger charge is -2.18. The van der Waals surface area contributed by atoms with E-state index in [4.69, 9.17) is 0 Å². The van der Waals surface area contributed by atoms with Crippen molar-refractivity contribution in [2.75, 3.05) is 0 Å². The molecular formula is C13H14N2O2. The van der Waals surface area contributed by atoms with Gasteiger partial charge >= 0.3 is 5.91 Å². The van der Waals surface area contributed by atoms with Crippen LogP contribution in [0.3, 0.4) is 0 Å². The number of carbonyl (C=O) groups excluding carboxylic acids is 2. The predicted octanol–water partition coefficient (Wildman–Crippen LogP) is 1.27. The first kappa shape index (κ1) is 11.5. The molecule has 1 amide bonds. The Morgan fingerprint density at radius 1 is 1.06 bits per heavy atom. The first-order chi connectivity index (χ1) is 8.11. The number of Topliss-reactive ketones (excluding diaryl/α,β-unsaturated/α-hetero) is 1. The van der Waals surface area contributed by atoms with Gasteiger partial charge in [0, 0.05) is 5.57 Å². The van der Waals surface area contributed by atoms with Crippen molar-refractivity contribution in [3.8, 4) is 0 Å². The van der Waals surface area contributed by atoms with E-state index in [-0.39, 0.29) is 6.04 Å². The summed E-state index contributed by atoms with van der Waals surface area (Å²) in [6.07, 6.45) is 0. The fourth-order valence-electron chi connectivity index (χ4n) is 1.85. The van der Waals surface area contributed by atoms with Crippen molar-refractivity contribution in [3.05, 3.63) is 47.0 Å². The molecule has 0 saturated carbocycles. The second-order valence-corrected chi connectivity index (χ2v) is 4.08. The Morgan fingerprint density at radius 2 is 1.71 bits per heavy atom. The van der Waals surface area contributed by atoms with Crippen LogP contribution in [-0.2, 0) is 9.59 Å². The van der Waals surface area contributed by atoms with Gasteiger partial charge < -0.3 is 0 Å². The summed E-state index contributed by atoms with van der Waals surface area (Å²) in [7, 11) is 0. The van der Waals surface area contributed by atoms with Gasteiger partial charge in [0.05, 0.1) is 6.04 Å². The van der Waals surface area contributed by atoms with Crippen molar-refractivity contribution in [1.82, 2.24) is 10.9 Å². The Morgan fingerprint density at radius 3 is 2.35 bits per heavy atom. The molecule has 0 spiro atoms. The Labute approximate surface area is 99.7 Å². The molecule has 17 heavy (non-hydrogen) atoms. The van der Waals surface area contributed by atoms with Gasteiger partial charge in [0.25, 0.3) is 0 Å². The van der Waals surface area contributed by atoms with Crippen molar-refractivity contribution in [2.24, 2.45) is 0 Å². The van der Waals surface area contributed by atoms with Crippen LogP contribution in [-0.4, -0.2) is 11.7 Å². The van der Waals surface area contributed by atoms with Crippen molar-refractivity contribution in [3.63, 3.8) is 0 Å². The van der Waals surface area contributed by atoms with E-state index in [2.05, 4.69) is 10.9 Å². The van der Waals surface area contributed by atoms with Gasteiger partial charge in [-0.3, -0.25) is 15.0 Å². The number of amides is 1. The van der Waals surface area contributed by atoms with E-state index in [0.717, 1.165) is 11.1 Å². The van der Waals surface area contributed by atoms with Crippen LogP contribution in [0, 0.1) is 0 Å². The lowest BCUT2D eigenvalue weighted by Crippen LogP contribution is -2.41. The van der Waals surface area contributed by atoms with E-state index in [1.165, 1.54) is 0 Å². The zero-order valence-corrected chi connectivity index (χ0v) is 9.78. The van der Waals surface area contributed by atoms with E-state index < -0.39 is 11.7 Å². The van der Waals surface area contributed by atoms with Gasteiger partial charge in [0.15, 0.2) is 0 Å². The average molecular weight is 230 g/mol. The maximum Gasteiger partial charge on any atom is 0.306 e. The smallest absolute Gasteiger partial charge is 0.284 e. The maximum absolute atomic E-state index is 11.6. The van der Waals surface area contributed by atoms with E-state index in [1.807, 2.05) is 37.3 Å². The highest BCUT2D eigenvalue weighted by Crippen LogP contribution is 2.25. The Balaban J connectivity index is 2.43. The summed E-state index contributed by atoms with van der Waals surface area (Å²) < 4.78 is 0. The lowest BCUT2D eigenvalue weighted by molar-refractivity contribution is -0.136. The third kappa shape index (κ3) is 2.12. The zero-order chi connectivity index (χ0) is 12.4. The van der Waals surface area contributed by atoms with Crippen LogP contribution < -0.4 is 10.9 Å². The van der Waals surface area contributed by atoms with Crippen LogP contribution in [0.15, 0.2) is 41.5 Å². The zero-order valence-electron chi connectivity index (χ0n) is 9.78. The second kappa shape index (κ2) is 4.51. The minimum Gasteiger partial charge on any atom is -0.284 e. The van der Waals surface area contributed by atoms with Gasteiger partial charge in [-0.05, 0) is 25.0 Å². The number of hydrazine groups is 1. The molecule has 2 N–H and O–H groups in total. The van der Waals surface area contributed by atoms with Crippen LogP contribution in [0.4, 0.5) is 0 Å². The minimum absolute atomic E-state index is 0.161. The molecule has 1 aromatic rings. The summed E-state index contributed by atoms with van der Waals surface area (Å²) >= 11 is 0.